The number of nitrogens with one attached hydrogen (secondary N) is 1. The number of hydrogen-bond donors (Lipinski definition) is 2. The zero-order valence-electron chi connectivity index (χ0n) is 26.3. The summed E-state index contributed by atoms with van der Waals surface area (Å²) in [5.74, 6) is 2.21. The number of ether oxygens (including phenoxy) is 1. The molecular formula is C38H42N6O2. The van der Waals surface area contributed by atoms with Gasteiger partial charge in [0, 0.05) is 74.6 Å². The molecule has 0 unspecified atom stereocenters. The predicted molar refractivity (Wildman–Crippen MR) is 185 cm³/mol. The number of rotatable bonds is 10. The predicted octanol–water partition coefficient (Wildman–Crippen LogP) is 6.10. The minimum atomic E-state index is -0.124. The minimum absolute atomic E-state index is 0.124. The van der Waals surface area contributed by atoms with Crippen LogP contribution in [-0.2, 0) is 19.8 Å². The number of aliphatic hydroxyl groups is 1. The number of benzene rings is 4. The van der Waals surface area contributed by atoms with E-state index in [-0.39, 0.29) is 6.61 Å². The van der Waals surface area contributed by atoms with Crippen LogP contribution in [0, 0.1) is 0 Å². The molecule has 0 amide bonds. The van der Waals surface area contributed by atoms with Crippen molar-refractivity contribution in [3.8, 4) is 5.75 Å². The summed E-state index contributed by atoms with van der Waals surface area (Å²) >= 11 is 0. The highest BCUT2D eigenvalue weighted by Gasteiger charge is 2.24. The number of para-hydroxylation sites is 1. The molecule has 0 bridgehead atoms. The fourth-order valence-corrected chi connectivity index (χ4v) is 6.51. The molecule has 0 atom stereocenters. The van der Waals surface area contributed by atoms with Crippen LogP contribution in [0.25, 0.3) is 10.9 Å². The number of piperazine rings is 1. The van der Waals surface area contributed by atoms with Gasteiger partial charge in [0.2, 0.25) is 5.95 Å². The lowest BCUT2D eigenvalue weighted by molar-refractivity contribution is 0.211. The quantitative estimate of drug-likeness (QED) is 0.195. The van der Waals surface area contributed by atoms with E-state index < -0.39 is 0 Å². The normalized spacial score (nSPS) is 16.1. The summed E-state index contributed by atoms with van der Waals surface area (Å²) in [6.45, 7) is 6.83. The third-order valence-electron chi connectivity index (χ3n) is 9.13. The Morgan fingerprint density at radius 2 is 1.35 bits per heavy atom. The lowest BCUT2D eigenvalue weighted by Crippen LogP contribution is -2.47. The number of aliphatic hydroxyl groups excluding tert-OH is 1. The molecule has 3 heterocycles. The first-order valence-electron chi connectivity index (χ1n) is 16.4. The van der Waals surface area contributed by atoms with E-state index in [1.165, 1.54) is 11.3 Å². The highest BCUT2D eigenvalue weighted by Crippen LogP contribution is 2.33. The van der Waals surface area contributed by atoms with Gasteiger partial charge in [0.1, 0.15) is 18.2 Å². The van der Waals surface area contributed by atoms with Gasteiger partial charge in [-0.25, -0.2) is 4.98 Å². The molecule has 5 aromatic rings. The second-order valence-corrected chi connectivity index (χ2v) is 12.3. The number of likely N-dealkylation sites (tertiary alicyclic amines) is 1. The average molecular weight is 615 g/mol. The summed E-state index contributed by atoms with van der Waals surface area (Å²) in [6, 6.07) is 35.7. The molecule has 0 spiro atoms. The summed E-state index contributed by atoms with van der Waals surface area (Å²) in [4.78, 5) is 17.5. The van der Waals surface area contributed by atoms with Gasteiger partial charge in [-0.3, -0.25) is 4.90 Å². The number of nitrogens with zero attached hydrogens (tertiary/aromatic N) is 5. The molecular weight excluding hydrogens is 572 g/mol. The highest BCUT2D eigenvalue weighted by molar-refractivity contribution is 5.92. The fraction of sp³-hybridized carbons (Fsp3) is 0.316. The van der Waals surface area contributed by atoms with Crippen molar-refractivity contribution >= 4 is 28.4 Å². The molecule has 8 nitrogen and oxygen atoms in total. The molecule has 0 aliphatic carbocycles. The second-order valence-electron chi connectivity index (χ2n) is 12.3. The summed E-state index contributed by atoms with van der Waals surface area (Å²) < 4.78 is 6.25. The highest BCUT2D eigenvalue weighted by atomic mass is 16.5. The Morgan fingerprint density at radius 1 is 0.717 bits per heavy atom. The largest absolute Gasteiger partial charge is 0.488 e. The molecule has 2 aliphatic heterocycles. The Morgan fingerprint density at radius 3 is 2.02 bits per heavy atom. The fourth-order valence-electron chi connectivity index (χ4n) is 6.51. The van der Waals surface area contributed by atoms with Crippen molar-refractivity contribution in [1.82, 2.24) is 14.9 Å². The van der Waals surface area contributed by atoms with E-state index in [1.54, 1.807) is 0 Å². The third-order valence-corrected chi connectivity index (χ3v) is 9.13. The summed E-state index contributed by atoms with van der Waals surface area (Å²) in [5, 5.41) is 15.1. The van der Waals surface area contributed by atoms with E-state index in [2.05, 4.69) is 80.7 Å². The van der Waals surface area contributed by atoms with E-state index >= 15 is 0 Å². The summed E-state index contributed by atoms with van der Waals surface area (Å²) in [5.41, 5.74) is 5.23. The number of anilines is 3. The molecule has 2 saturated heterocycles. The molecule has 0 radical (unpaired) electrons. The molecule has 4 aromatic carbocycles. The topological polar surface area (TPSA) is 77.0 Å². The average Bonchev–Trinajstić information content (AvgIpc) is 3.12. The van der Waals surface area contributed by atoms with Crippen LogP contribution in [0.3, 0.4) is 0 Å². The van der Waals surface area contributed by atoms with Crippen molar-refractivity contribution in [2.45, 2.75) is 38.6 Å². The number of piperidine rings is 1. The van der Waals surface area contributed by atoms with Crippen LogP contribution in [0.1, 0.15) is 29.5 Å². The van der Waals surface area contributed by atoms with Crippen molar-refractivity contribution in [3.05, 3.63) is 120 Å². The van der Waals surface area contributed by atoms with E-state index in [1.807, 2.05) is 42.5 Å². The molecule has 8 heteroatoms. The molecule has 2 aliphatic rings. The Bertz CT molecular complexity index is 1700. The lowest BCUT2D eigenvalue weighted by atomic mass is 10.0. The van der Waals surface area contributed by atoms with Gasteiger partial charge in [0.05, 0.1) is 12.1 Å². The zero-order chi connectivity index (χ0) is 31.1. The van der Waals surface area contributed by atoms with Gasteiger partial charge in [0.15, 0.2) is 0 Å². The van der Waals surface area contributed by atoms with Crippen LogP contribution in [0.15, 0.2) is 103 Å². The van der Waals surface area contributed by atoms with Crippen molar-refractivity contribution in [2.75, 3.05) is 54.4 Å². The van der Waals surface area contributed by atoms with Crippen LogP contribution < -0.4 is 19.9 Å². The van der Waals surface area contributed by atoms with Gasteiger partial charge in [-0.05, 0) is 42.2 Å². The first kappa shape index (κ1) is 30.0. The molecule has 7 rings (SSSR count). The van der Waals surface area contributed by atoms with Crippen molar-refractivity contribution in [2.24, 2.45) is 0 Å². The Hall–Kier alpha value is -4.66. The van der Waals surface area contributed by atoms with Gasteiger partial charge in [0.25, 0.3) is 0 Å². The van der Waals surface area contributed by atoms with Crippen molar-refractivity contribution < 1.29 is 9.84 Å². The second kappa shape index (κ2) is 14.2. The zero-order valence-corrected chi connectivity index (χ0v) is 26.3. The number of aromatic nitrogens is 2. The van der Waals surface area contributed by atoms with E-state index in [0.29, 0.717) is 18.4 Å². The maximum atomic E-state index is 10.4. The van der Waals surface area contributed by atoms with E-state index in [0.717, 1.165) is 92.5 Å². The van der Waals surface area contributed by atoms with Gasteiger partial charge >= 0.3 is 0 Å². The number of hydrogen-bond acceptors (Lipinski definition) is 8. The first-order chi connectivity index (χ1) is 22.7. The standard InChI is InChI=1S/C38H42N6O2/c45-27-31-24-34-35(25-36(31)46-28-30-12-6-2-7-13-30)40-38(44-22-20-43(21-23-44)33-14-8-3-9-15-33)41-37(34)39-32-16-18-42(19-17-32)26-29-10-4-1-5-11-29/h1-15,24-25,32,45H,16-23,26-28H2,(H,39,40,41). The van der Waals surface area contributed by atoms with Crippen molar-refractivity contribution in [3.63, 3.8) is 0 Å². The summed E-state index contributed by atoms with van der Waals surface area (Å²) in [7, 11) is 0. The molecule has 46 heavy (non-hydrogen) atoms. The van der Waals surface area contributed by atoms with Crippen LogP contribution in [-0.4, -0.2) is 65.3 Å². The molecule has 2 N–H and O–H groups in total. The maximum absolute atomic E-state index is 10.4. The van der Waals surface area contributed by atoms with Crippen LogP contribution >= 0.6 is 0 Å². The molecule has 1 aromatic heterocycles. The monoisotopic (exact) mass is 614 g/mol. The van der Waals surface area contributed by atoms with Crippen LogP contribution in [0.2, 0.25) is 0 Å². The molecule has 2 fully saturated rings. The lowest BCUT2D eigenvalue weighted by Gasteiger charge is -2.36. The minimum Gasteiger partial charge on any atom is -0.488 e. The molecule has 0 saturated carbocycles. The van der Waals surface area contributed by atoms with Gasteiger partial charge in [-0.1, -0.05) is 78.9 Å². The Kier molecular flexibility index (Phi) is 9.26. The SMILES string of the molecule is OCc1cc2c(NC3CCN(Cc4ccccc4)CC3)nc(N3CCN(c4ccccc4)CC3)nc2cc1OCc1ccccc1. The van der Waals surface area contributed by atoms with Crippen LogP contribution in [0.5, 0.6) is 5.75 Å². The number of fused-ring (bicyclic) bond motifs is 1. The van der Waals surface area contributed by atoms with Gasteiger partial charge < -0.3 is 25.0 Å². The van der Waals surface area contributed by atoms with E-state index in [4.69, 9.17) is 14.7 Å². The smallest absolute Gasteiger partial charge is 0.228 e. The Labute approximate surface area is 271 Å². The molecule has 236 valence electrons. The van der Waals surface area contributed by atoms with Crippen LogP contribution in [0.4, 0.5) is 17.5 Å². The summed E-state index contributed by atoms with van der Waals surface area (Å²) in [6.07, 6.45) is 2.07. The van der Waals surface area contributed by atoms with E-state index in [9.17, 15) is 5.11 Å². The van der Waals surface area contributed by atoms with Gasteiger partial charge in [-0.2, -0.15) is 4.98 Å². The third kappa shape index (κ3) is 7.09. The van der Waals surface area contributed by atoms with Crippen molar-refractivity contribution in [1.29, 1.82) is 0 Å². The Balaban J connectivity index is 1.13. The maximum Gasteiger partial charge on any atom is 0.228 e. The first-order valence-corrected chi connectivity index (χ1v) is 16.4. The van der Waals surface area contributed by atoms with Gasteiger partial charge in [-0.15, -0.1) is 0 Å².